The normalized spacial score (nSPS) is 30.9. The summed E-state index contributed by atoms with van der Waals surface area (Å²) in [6.07, 6.45) is 0.582. The molecule has 20 heavy (non-hydrogen) atoms. The zero-order chi connectivity index (χ0) is 14.7. The van der Waals surface area contributed by atoms with Crippen LogP contribution in [0.2, 0.25) is 0 Å². The number of carboxylic acids is 1. The fraction of sp³-hybridized carbons (Fsp3) is 0.857. The number of nitrogens with zero attached hydrogens (tertiary/aromatic N) is 1. The Balaban J connectivity index is 1.70. The number of likely N-dealkylation sites (tertiary alicyclic amines) is 1. The second-order valence-corrected chi connectivity index (χ2v) is 6.02. The lowest BCUT2D eigenvalue weighted by molar-refractivity contribution is -0.151. The van der Waals surface area contributed by atoms with Crippen molar-refractivity contribution in [1.82, 2.24) is 10.2 Å². The molecule has 2 saturated heterocycles. The first-order valence-electron chi connectivity index (χ1n) is 7.37. The van der Waals surface area contributed by atoms with E-state index in [1.807, 2.05) is 0 Å². The van der Waals surface area contributed by atoms with Crippen molar-refractivity contribution in [1.29, 1.82) is 0 Å². The van der Waals surface area contributed by atoms with E-state index in [2.05, 4.69) is 24.1 Å². The molecule has 1 amide bonds. The highest BCUT2D eigenvalue weighted by Gasteiger charge is 2.35. The van der Waals surface area contributed by atoms with Crippen molar-refractivity contribution in [2.24, 2.45) is 5.92 Å². The third kappa shape index (κ3) is 3.70. The summed E-state index contributed by atoms with van der Waals surface area (Å²) < 4.78 is 5.24. The predicted molar refractivity (Wildman–Crippen MR) is 73.4 cm³/mol. The first kappa shape index (κ1) is 15.3. The van der Waals surface area contributed by atoms with Crippen LogP contribution < -0.4 is 5.32 Å². The van der Waals surface area contributed by atoms with Crippen LogP contribution >= 0.6 is 0 Å². The molecular formula is C14H24N2O4. The zero-order valence-corrected chi connectivity index (χ0v) is 12.2. The average molecular weight is 284 g/mol. The van der Waals surface area contributed by atoms with Crippen LogP contribution in [0.1, 0.15) is 33.1 Å². The Kier molecular flexibility index (Phi) is 4.99. The first-order valence-corrected chi connectivity index (χ1v) is 7.37. The fourth-order valence-electron chi connectivity index (χ4n) is 2.87. The molecule has 2 aliphatic rings. The van der Waals surface area contributed by atoms with Gasteiger partial charge in [0.1, 0.15) is 6.10 Å². The molecule has 2 aliphatic heterocycles. The molecule has 0 saturated carbocycles. The zero-order valence-electron chi connectivity index (χ0n) is 12.2. The molecule has 0 aromatic heterocycles. The summed E-state index contributed by atoms with van der Waals surface area (Å²) in [5, 5.41) is 11.7. The maximum atomic E-state index is 11.9. The van der Waals surface area contributed by atoms with Crippen molar-refractivity contribution in [3.8, 4) is 0 Å². The number of carboxylic acid groups (broad SMARTS) is 1. The van der Waals surface area contributed by atoms with E-state index in [0.717, 1.165) is 19.5 Å². The number of rotatable bonds is 5. The summed E-state index contributed by atoms with van der Waals surface area (Å²) in [5.74, 6) is -0.668. The van der Waals surface area contributed by atoms with Crippen molar-refractivity contribution in [3.05, 3.63) is 0 Å². The van der Waals surface area contributed by atoms with Gasteiger partial charge in [-0.15, -0.1) is 0 Å². The summed E-state index contributed by atoms with van der Waals surface area (Å²) in [7, 11) is 0. The van der Waals surface area contributed by atoms with E-state index in [1.54, 1.807) is 0 Å². The smallest absolute Gasteiger partial charge is 0.332 e. The molecule has 2 fully saturated rings. The van der Waals surface area contributed by atoms with Gasteiger partial charge in [0.15, 0.2) is 6.10 Å². The van der Waals surface area contributed by atoms with Gasteiger partial charge in [-0.05, 0) is 45.6 Å². The highest BCUT2D eigenvalue weighted by atomic mass is 16.5. The number of carbonyl (C=O) groups is 2. The van der Waals surface area contributed by atoms with Gasteiger partial charge in [-0.25, -0.2) is 4.79 Å². The van der Waals surface area contributed by atoms with E-state index < -0.39 is 18.2 Å². The van der Waals surface area contributed by atoms with Crippen LogP contribution in [-0.4, -0.2) is 59.8 Å². The SMILES string of the molecule is CC(C)N1CCC(CNC(=O)C2CCC(C(=O)O)O2)C1. The summed E-state index contributed by atoms with van der Waals surface area (Å²) in [6, 6.07) is 0.546. The molecule has 2 N–H and O–H groups in total. The van der Waals surface area contributed by atoms with E-state index in [0.29, 0.717) is 31.3 Å². The van der Waals surface area contributed by atoms with Gasteiger partial charge in [-0.2, -0.15) is 0 Å². The molecule has 0 aromatic rings. The maximum absolute atomic E-state index is 11.9. The molecular weight excluding hydrogens is 260 g/mol. The molecule has 0 spiro atoms. The molecule has 2 rings (SSSR count). The third-order valence-corrected chi connectivity index (χ3v) is 4.20. The Labute approximate surface area is 119 Å². The van der Waals surface area contributed by atoms with Gasteiger partial charge in [0, 0.05) is 19.1 Å². The molecule has 2 heterocycles. The summed E-state index contributed by atoms with van der Waals surface area (Å²) in [6.45, 7) is 7.11. The highest BCUT2D eigenvalue weighted by molar-refractivity contribution is 5.82. The molecule has 114 valence electrons. The predicted octanol–water partition coefficient (Wildman–Crippen LogP) is 0.465. The van der Waals surface area contributed by atoms with E-state index in [4.69, 9.17) is 9.84 Å². The van der Waals surface area contributed by atoms with E-state index in [-0.39, 0.29) is 5.91 Å². The Morgan fingerprint density at radius 1 is 1.30 bits per heavy atom. The number of hydrogen-bond donors (Lipinski definition) is 2. The van der Waals surface area contributed by atoms with Crippen LogP contribution in [-0.2, 0) is 14.3 Å². The number of nitrogens with one attached hydrogen (secondary N) is 1. The molecule has 0 bridgehead atoms. The van der Waals surface area contributed by atoms with Gasteiger partial charge in [0.25, 0.3) is 0 Å². The number of aliphatic carboxylic acids is 1. The molecule has 0 aromatic carbocycles. The molecule has 3 unspecified atom stereocenters. The number of ether oxygens (including phenoxy) is 1. The Morgan fingerprint density at radius 2 is 2.00 bits per heavy atom. The maximum Gasteiger partial charge on any atom is 0.332 e. The minimum atomic E-state index is -0.983. The van der Waals surface area contributed by atoms with Gasteiger partial charge in [0.2, 0.25) is 5.91 Å². The topological polar surface area (TPSA) is 78.9 Å². The summed E-state index contributed by atoms with van der Waals surface area (Å²) in [4.78, 5) is 25.1. The second kappa shape index (κ2) is 6.54. The van der Waals surface area contributed by atoms with Crippen LogP contribution in [0.25, 0.3) is 0 Å². The van der Waals surface area contributed by atoms with Gasteiger partial charge in [-0.1, -0.05) is 0 Å². The van der Waals surface area contributed by atoms with Crippen molar-refractivity contribution in [2.45, 2.75) is 51.4 Å². The van der Waals surface area contributed by atoms with Crippen LogP contribution in [0.4, 0.5) is 0 Å². The van der Waals surface area contributed by atoms with Crippen LogP contribution in [0.3, 0.4) is 0 Å². The van der Waals surface area contributed by atoms with Gasteiger partial charge in [-0.3, -0.25) is 4.79 Å². The number of hydrogen-bond acceptors (Lipinski definition) is 4. The van der Waals surface area contributed by atoms with Gasteiger partial charge < -0.3 is 20.1 Å². The molecule has 3 atom stereocenters. The number of amides is 1. The summed E-state index contributed by atoms with van der Waals surface area (Å²) in [5.41, 5.74) is 0. The third-order valence-electron chi connectivity index (χ3n) is 4.20. The lowest BCUT2D eigenvalue weighted by atomic mass is 10.1. The van der Waals surface area contributed by atoms with Crippen molar-refractivity contribution in [3.63, 3.8) is 0 Å². The Hall–Kier alpha value is -1.14. The lowest BCUT2D eigenvalue weighted by Gasteiger charge is -2.20. The van der Waals surface area contributed by atoms with E-state index in [9.17, 15) is 9.59 Å². The number of carbonyl (C=O) groups excluding carboxylic acids is 1. The largest absolute Gasteiger partial charge is 0.479 e. The average Bonchev–Trinajstić information content (AvgIpc) is 3.05. The minimum absolute atomic E-state index is 0.170. The first-order chi connectivity index (χ1) is 9.47. The second-order valence-electron chi connectivity index (χ2n) is 6.02. The van der Waals surface area contributed by atoms with Gasteiger partial charge in [0.05, 0.1) is 0 Å². The standard InChI is InChI=1S/C14H24N2O4/c1-9(2)16-6-5-10(8-16)7-15-13(17)11-3-4-12(20-11)14(18)19/h9-12H,3-8H2,1-2H3,(H,15,17)(H,18,19). The highest BCUT2D eigenvalue weighted by Crippen LogP contribution is 2.21. The molecule has 0 aliphatic carbocycles. The van der Waals surface area contributed by atoms with E-state index >= 15 is 0 Å². The molecule has 6 nitrogen and oxygen atoms in total. The fourth-order valence-corrected chi connectivity index (χ4v) is 2.87. The molecule has 6 heteroatoms. The van der Waals surface area contributed by atoms with Crippen molar-refractivity contribution < 1.29 is 19.4 Å². The van der Waals surface area contributed by atoms with Crippen LogP contribution in [0.15, 0.2) is 0 Å². The quantitative estimate of drug-likeness (QED) is 0.767. The Bertz CT molecular complexity index is 372. The van der Waals surface area contributed by atoms with E-state index in [1.165, 1.54) is 0 Å². The van der Waals surface area contributed by atoms with Crippen LogP contribution in [0.5, 0.6) is 0 Å². The van der Waals surface area contributed by atoms with Gasteiger partial charge >= 0.3 is 5.97 Å². The Morgan fingerprint density at radius 3 is 2.55 bits per heavy atom. The lowest BCUT2D eigenvalue weighted by Crippen LogP contribution is -2.39. The van der Waals surface area contributed by atoms with Crippen LogP contribution in [0, 0.1) is 5.92 Å². The summed E-state index contributed by atoms with van der Waals surface area (Å²) >= 11 is 0. The van der Waals surface area contributed by atoms with Crippen molar-refractivity contribution >= 4 is 11.9 Å². The monoisotopic (exact) mass is 284 g/mol. The molecule has 0 radical (unpaired) electrons. The minimum Gasteiger partial charge on any atom is -0.479 e. The van der Waals surface area contributed by atoms with Crippen molar-refractivity contribution in [2.75, 3.05) is 19.6 Å².